The normalized spacial score (nSPS) is 12.8. The fraction of sp³-hybridized carbons (Fsp3) is 0.200. The number of ether oxygens (including phenoxy) is 3. The van der Waals surface area contributed by atoms with Gasteiger partial charge in [0.05, 0.1) is 19.3 Å². The van der Waals surface area contributed by atoms with E-state index in [9.17, 15) is 0 Å². The second-order valence-electron chi connectivity index (χ2n) is 7.63. The molecule has 8 heteroatoms. The van der Waals surface area contributed by atoms with Crippen molar-refractivity contribution in [3.63, 3.8) is 0 Å². The van der Waals surface area contributed by atoms with E-state index in [1.807, 2.05) is 36.4 Å². The molecular weight excluding hydrogens is 458 g/mol. The van der Waals surface area contributed by atoms with Crippen molar-refractivity contribution in [2.24, 2.45) is 0 Å². The minimum Gasteiger partial charge on any atom is -0.496 e. The number of nitrogens with zero attached hydrogens (tertiary/aromatic N) is 3. The summed E-state index contributed by atoms with van der Waals surface area (Å²) in [5, 5.41) is 10.5. The molecule has 0 amide bonds. The first-order chi connectivity index (χ1) is 16.1. The zero-order valence-electron chi connectivity index (χ0n) is 18.2. The van der Waals surface area contributed by atoms with E-state index in [1.165, 1.54) is 5.56 Å². The molecule has 5 rings (SSSR count). The van der Waals surface area contributed by atoms with Crippen molar-refractivity contribution in [2.75, 3.05) is 13.9 Å². The maximum absolute atomic E-state index is 6.36. The average molecular weight is 480 g/mol. The van der Waals surface area contributed by atoms with Crippen LogP contribution in [0.25, 0.3) is 17.1 Å². The second kappa shape index (κ2) is 9.47. The first-order valence-corrected chi connectivity index (χ1v) is 11.8. The molecular formula is C25H22ClN3O3S. The van der Waals surface area contributed by atoms with Crippen LogP contribution in [0, 0.1) is 6.92 Å². The van der Waals surface area contributed by atoms with E-state index in [4.69, 9.17) is 25.8 Å². The van der Waals surface area contributed by atoms with E-state index in [-0.39, 0.29) is 6.79 Å². The van der Waals surface area contributed by atoms with Crippen molar-refractivity contribution in [3.05, 3.63) is 82.4 Å². The van der Waals surface area contributed by atoms with Crippen molar-refractivity contribution < 1.29 is 14.2 Å². The number of hydrogen-bond donors (Lipinski definition) is 0. The van der Waals surface area contributed by atoms with Gasteiger partial charge in [-0.05, 0) is 43.3 Å². The highest BCUT2D eigenvalue weighted by Gasteiger charge is 2.21. The average Bonchev–Trinajstić information content (AvgIpc) is 3.26. The molecule has 6 nitrogen and oxygen atoms in total. The smallest absolute Gasteiger partial charge is 0.196 e. The highest BCUT2D eigenvalue weighted by molar-refractivity contribution is 7.98. The van der Waals surface area contributed by atoms with Gasteiger partial charge in [0.15, 0.2) is 17.8 Å². The van der Waals surface area contributed by atoms with Gasteiger partial charge < -0.3 is 14.2 Å². The third-order valence-electron chi connectivity index (χ3n) is 5.38. The van der Waals surface area contributed by atoms with Gasteiger partial charge in [0.25, 0.3) is 0 Å². The molecule has 33 heavy (non-hydrogen) atoms. The number of benzene rings is 3. The molecule has 0 unspecified atom stereocenters. The molecule has 0 radical (unpaired) electrons. The highest BCUT2D eigenvalue weighted by Crippen LogP contribution is 2.38. The van der Waals surface area contributed by atoms with Crippen molar-refractivity contribution in [3.8, 4) is 28.6 Å². The van der Waals surface area contributed by atoms with Gasteiger partial charge in [-0.1, -0.05) is 53.2 Å². The molecule has 0 bridgehead atoms. The number of aromatic nitrogens is 3. The number of aryl methyl sites for hydroxylation is 1. The lowest BCUT2D eigenvalue weighted by atomic mass is 10.1. The Morgan fingerprint density at radius 1 is 1.09 bits per heavy atom. The summed E-state index contributed by atoms with van der Waals surface area (Å²) in [6.45, 7) is 2.80. The molecule has 168 valence electrons. The van der Waals surface area contributed by atoms with Gasteiger partial charge in [-0.3, -0.25) is 4.57 Å². The van der Waals surface area contributed by atoms with Crippen LogP contribution in [-0.4, -0.2) is 28.7 Å². The van der Waals surface area contributed by atoms with E-state index < -0.39 is 0 Å². The maximum Gasteiger partial charge on any atom is 0.196 e. The summed E-state index contributed by atoms with van der Waals surface area (Å²) in [6, 6.07) is 20.0. The van der Waals surface area contributed by atoms with Gasteiger partial charge in [0, 0.05) is 27.6 Å². The van der Waals surface area contributed by atoms with E-state index >= 15 is 0 Å². The van der Waals surface area contributed by atoms with Crippen molar-refractivity contribution in [1.82, 2.24) is 14.8 Å². The number of halogens is 1. The molecule has 0 fully saturated rings. The zero-order chi connectivity index (χ0) is 22.8. The number of para-hydroxylation sites is 1. The largest absolute Gasteiger partial charge is 0.496 e. The van der Waals surface area contributed by atoms with Crippen molar-refractivity contribution in [2.45, 2.75) is 24.4 Å². The first kappa shape index (κ1) is 21.8. The Labute approximate surface area is 201 Å². The summed E-state index contributed by atoms with van der Waals surface area (Å²) in [6.07, 6.45) is 0. The van der Waals surface area contributed by atoms with Crippen LogP contribution in [0.3, 0.4) is 0 Å². The molecule has 0 saturated heterocycles. The van der Waals surface area contributed by atoms with Crippen LogP contribution in [0.5, 0.6) is 11.5 Å². The van der Waals surface area contributed by atoms with Crippen LogP contribution in [0.1, 0.15) is 16.7 Å². The first-order valence-electron chi connectivity index (χ1n) is 10.4. The lowest BCUT2D eigenvalue weighted by Gasteiger charge is -2.21. The summed E-state index contributed by atoms with van der Waals surface area (Å²) < 4.78 is 18.8. The maximum atomic E-state index is 6.36. The summed E-state index contributed by atoms with van der Waals surface area (Å²) >= 11 is 7.93. The molecule has 4 aromatic rings. The van der Waals surface area contributed by atoms with E-state index in [0.717, 1.165) is 44.9 Å². The van der Waals surface area contributed by atoms with Gasteiger partial charge in [-0.2, -0.15) is 0 Å². The molecule has 0 atom stereocenters. The lowest BCUT2D eigenvalue weighted by molar-refractivity contribution is -0.0168. The number of hydrogen-bond acceptors (Lipinski definition) is 6. The van der Waals surface area contributed by atoms with Crippen LogP contribution in [0.4, 0.5) is 0 Å². The fourth-order valence-electron chi connectivity index (χ4n) is 3.80. The van der Waals surface area contributed by atoms with Gasteiger partial charge in [-0.15, -0.1) is 10.2 Å². The number of rotatable bonds is 6. The third kappa shape index (κ3) is 4.44. The van der Waals surface area contributed by atoms with Crippen LogP contribution >= 0.6 is 23.4 Å². The molecule has 0 saturated carbocycles. The molecule has 0 N–H and O–H groups in total. The van der Waals surface area contributed by atoms with E-state index in [2.05, 4.69) is 46.0 Å². The fourth-order valence-corrected chi connectivity index (χ4v) is 4.98. The van der Waals surface area contributed by atoms with E-state index in [0.29, 0.717) is 17.4 Å². The van der Waals surface area contributed by atoms with Crippen LogP contribution in [0.15, 0.2) is 65.8 Å². The van der Waals surface area contributed by atoms with Gasteiger partial charge in [-0.25, -0.2) is 0 Å². The minimum absolute atomic E-state index is 0.240. The van der Waals surface area contributed by atoms with Crippen molar-refractivity contribution >= 4 is 23.4 Å². The molecule has 1 aliphatic rings. The summed E-state index contributed by atoms with van der Waals surface area (Å²) in [5.74, 6) is 2.92. The van der Waals surface area contributed by atoms with E-state index in [1.54, 1.807) is 18.9 Å². The monoisotopic (exact) mass is 479 g/mol. The summed E-state index contributed by atoms with van der Waals surface area (Å²) in [5.41, 5.74) is 5.00. The second-order valence-corrected chi connectivity index (χ2v) is 9.01. The Morgan fingerprint density at radius 2 is 1.91 bits per heavy atom. The lowest BCUT2D eigenvalue weighted by Crippen LogP contribution is -2.13. The Morgan fingerprint density at radius 3 is 2.73 bits per heavy atom. The predicted octanol–water partition coefficient (Wildman–Crippen LogP) is 6.06. The molecule has 0 aliphatic carbocycles. The van der Waals surface area contributed by atoms with Crippen LogP contribution < -0.4 is 9.47 Å². The molecule has 2 heterocycles. The molecule has 0 spiro atoms. The van der Waals surface area contributed by atoms with Gasteiger partial charge in [0.2, 0.25) is 0 Å². The Bertz CT molecular complexity index is 1290. The number of methoxy groups -OCH3 is 1. The SMILES string of the molecule is COc1ccccc1-c1nnc(SCc2cc(Cl)cc3c2OCOC3)n1-c1ccc(C)cc1. The summed E-state index contributed by atoms with van der Waals surface area (Å²) in [4.78, 5) is 0. The standard InChI is InChI=1S/C25H22ClN3O3S/c1-16-7-9-20(10-8-16)29-24(21-5-3-4-6-22(21)30-2)27-28-25(29)33-14-18-12-19(26)11-17-13-31-15-32-23(17)18/h3-12H,13-15H2,1-2H3. The molecule has 1 aliphatic heterocycles. The van der Waals surface area contributed by atoms with Gasteiger partial charge in [0.1, 0.15) is 11.5 Å². The third-order valence-corrected chi connectivity index (χ3v) is 6.58. The quantitative estimate of drug-likeness (QED) is 0.313. The minimum atomic E-state index is 0.240. The number of fused-ring (bicyclic) bond motifs is 1. The topological polar surface area (TPSA) is 58.4 Å². The van der Waals surface area contributed by atoms with Crippen LogP contribution in [-0.2, 0) is 17.1 Å². The Hall–Kier alpha value is -3.00. The zero-order valence-corrected chi connectivity index (χ0v) is 19.8. The Balaban J connectivity index is 1.55. The van der Waals surface area contributed by atoms with Crippen LogP contribution in [0.2, 0.25) is 5.02 Å². The predicted molar refractivity (Wildman–Crippen MR) is 129 cm³/mol. The van der Waals surface area contributed by atoms with Gasteiger partial charge >= 0.3 is 0 Å². The molecule has 3 aromatic carbocycles. The Kier molecular flexibility index (Phi) is 6.26. The number of thioether (sulfide) groups is 1. The highest BCUT2D eigenvalue weighted by atomic mass is 35.5. The summed E-state index contributed by atoms with van der Waals surface area (Å²) in [7, 11) is 1.66. The van der Waals surface area contributed by atoms with Crippen molar-refractivity contribution in [1.29, 1.82) is 0 Å². The molecule has 1 aromatic heterocycles.